The fourth-order valence-electron chi connectivity index (χ4n) is 5.31. The first-order chi connectivity index (χ1) is 13.2. The van der Waals surface area contributed by atoms with Gasteiger partial charge < -0.3 is 20.1 Å². The van der Waals surface area contributed by atoms with Crippen molar-refractivity contribution in [3.05, 3.63) is 34.0 Å². The molecule has 2 heterocycles. The number of aliphatic hydroxyl groups is 3. The number of allylic oxidation sites excluding steroid dienone is 1. The first-order valence-electron chi connectivity index (χ1n) is 10.2. The molecule has 0 amide bonds. The molecule has 0 radical (unpaired) electrons. The zero-order chi connectivity index (χ0) is 20.5. The summed E-state index contributed by atoms with van der Waals surface area (Å²) in [4.78, 5) is 3.54. The number of β-amino-alcohol motifs (C(OH)–C–C–N with tert-alkyl or cyclic N) is 1. The van der Waals surface area contributed by atoms with Crippen LogP contribution in [0.3, 0.4) is 0 Å². The monoisotopic (exact) mass is 409 g/mol. The lowest BCUT2D eigenvalue weighted by molar-refractivity contribution is -0.169. The Morgan fingerprint density at radius 2 is 2.21 bits per heavy atom. The van der Waals surface area contributed by atoms with E-state index in [2.05, 4.69) is 22.4 Å². The molecule has 1 saturated carbocycles. The van der Waals surface area contributed by atoms with E-state index in [0.717, 1.165) is 18.5 Å². The fourth-order valence-corrected chi connectivity index (χ4v) is 6.01. The lowest BCUT2D eigenvalue weighted by Crippen LogP contribution is -2.63. The quantitative estimate of drug-likeness (QED) is 0.604. The van der Waals surface area contributed by atoms with Crippen LogP contribution in [0.1, 0.15) is 44.9 Å². The van der Waals surface area contributed by atoms with Gasteiger partial charge in [-0.05, 0) is 57.9 Å². The molecule has 2 aliphatic rings. The van der Waals surface area contributed by atoms with Crippen LogP contribution in [0.2, 0.25) is 0 Å². The molecule has 6 heteroatoms. The highest BCUT2D eigenvalue weighted by Gasteiger charge is 2.65. The number of thiophene rings is 1. The number of likely N-dealkylation sites (tertiary alicyclic amines) is 1. The standard InChI is InChI=1S/C22H35NO4S/c1-15(2)7-8-18(25)21(3)20-19(27-4)17(24)9-11-22(20,26)14-23(21)12-10-16-6-5-13-28-16/h5-7,13,17-20,24-26H,8-12,14H2,1-4H3/t17-,18-,19-,20-,21-,22+/m1/s1. The van der Waals surface area contributed by atoms with Crippen LogP contribution >= 0.6 is 11.3 Å². The van der Waals surface area contributed by atoms with Crippen molar-refractivity contribution in [2.45, 2.75) is 75.9 Å². The Hall–Kier alpha value is -0.760. The minimum absolute atomic E-state index is 0.349. The second kappa shape index (κ2) is 8.54. The average molecular weight is 410 g/mol. The molecule has 28 heavy (non-hydrogen) atoms. The molecule has 5 nitrogen and oxygen atoms in total. The van der Waals surface area contributed by atoms with Crippen LogP contribution in [0.25, 0.3) is 0 Å². The Morgan fingerprint density at radius 1 is 1.46 bits per heavy atom. The molecule has 1 saturated heterocycles. The number of ether oxygens (including phenoxy) is 1. The summed E-state index contributed by atoms with van der Waals surface area (Å²) >= 11 is 1.73. The second-order valence-corrected chi connectivity index (χ2v) is 9.93. The van der Waals surface area contributed by atoms with Gasteiger partial charge in [-0.15, -0.1) is 11.3 Å². The number of methoxy groups -OCH3 is 1. The molecule has 6 atom stereocenters. The summed E-state index contributed by atoms with van der Waals surface area (Å²) in [5.41, 5.74) is -0.483. The smallest absolute Gasteiger partial charge is 0.0904 e. The SMILES string of the molecule is CO[C@@H]1[C@H](O)CC[C@]2(O)CN(CCc3cccs3)[C@](C)([C@H](O)CC=C(C)C)[C@@H]12. The number of rotatable bonds is 7. The normalized spacial score (nSPS) is 36.9. The first kappa shape index (κ1) is 21.9. The number of nitrogens with zero attached hydrogens (tertiary/aromatic N) is 1. The number of hydrogen-bond acceptors (Lipinski definition) is 6. The Balaban J connectivity index is 1.94. The van der Waals surface area contributed by atoms with Crippen molar-refractivity contribution in [2.24, 2.45) is 5.92 Å². The third-order valence-corrected chi connectivity index (χ3v) is 7.78. The molecule has 1 aliphatic heterocycles. The first-order valence-corrected chi connectivity index (χ1v) is 11.1. The lowest BCUT2D eigenvalue weighted by Gasteiger charge is -2.50. The molecule has 0 unspecified atom stereocenters. The highest BCUT2D eigenvalue weighted by molar-refractivity contribution is 7.09. The van der Waals surface area contributed by atoms with E-state index in [9.17, 15) is 15.3 Å². The molecule has 0 spiro atoms. The average Bonchev–Trinajstić information content (AvgIpc) is 3.24. The van der Waals surface area contributed by atoms with E-state index in [0.29, 0.717) is 25.8 Å². The minimum Gasteiger partial charge on any atom is -0.391 e. The van der Waals surface area contributed by atoms with Crippen LogP contribution in [0.4, 0.5) is 0 Å². The molecule has 1 aromatic heterocycles. The molecule has 3 N–H and O–H groups in total. The molecule has 3 rings (SSSR count). The fraction of sp³-hybridized carbons (Fsp3) is 0.727. The van der Waals surface area contributed by atoms with E-state index in [1.807, 2.05) is 26.8 Å². The topological polar surface area (TPSA) is 73.2 Å². The van der Waals surface area contributed by atoms with E-state index in [1.54, 1.807) is 18.4 Å². The number of hydrogen-bond donors (Lipinski definition) is 3. The summed E-state index contributed by atoms with van der Waals surface area (Å²) in [7, 11) is 1.59. The third kappa shape index (κ3) is 3.95. The van der Waals surface area contributed by atoms with E-state index in [-0.39, 0.29) is 5.92 Å². The van der Waals surface area contributed by atoms with Crippen LogP contribution in [-0.2, 0) is 11.2 Å². The predicted octanol–water partition coefficient (Wildman–Crippen LogP) is 2.60. The zero-order valence-corrected chi connectivity index (χ0v) is 18.3. The van der Waals surface area contributed by atoms with Crippen molar-refractivity contribution in [3.8, 4) is 0 Å². The maximum absolute atomic E-state index is 11.6. The van der Waals surface area contributed by atoms with Crippen molar-refractivity contribution < 1.29 is 20.1 Å². The van der Waals surface area contributed by atoms with E-state index >= 15 is 0 Å². The van der Waals surface area contributed by atoms with Crippen LogP contribution in [0, 0.1) is 5.92 Å². The van der Waals surface area contributed by atoms with Gasteiger partial charge in [0.25, 0.3) is 0 Å². The summed E-state index contributed by atoms with van der Waals surface area (Å²) in [6.07, 6.45) is 2.72. The third-order valence-electron chi connectivity index (χ3n) is 6.84. The van der Waals surface area contributed by atoms with Gasteiger partial charge in [0, 0.05) is 31.0 Å². The van der Waals surface area contributed by atoms with Crippen molar-refractivity contribution >= 4 is 11.3 Å². The van der Waals surface area contributed by atoms with Crippen molar-refractivity contribution in [2.75, 3.05) is 20.2 Å². The Kier molecular flexibility index (Phi) is 6.69. The maximum atomic E-state index is 11.6. The molecule has 2 fully saturated rings. The maximum Gasteiger partial charge on any atom is 0.0904 e. The molecule has 1 aromatic rings. The molecular formula is C22H35NO4S. The van der Waals surface area contributed by atoms with Gasteiger partial charge in [-0.1, -0.05) is 17.7 Å². The van der Waals surface area contributed by atoms with Gasteiger partial charge in [0.05, 0.1) is 29.5 Å². The largest absolute Gasteiger partial charge is 0.391 e. The Bertz CT molecular complexity index is 674. The van der Waals surface area contributed by atoms with Crippen LogP contribution in [0.15, 0.2) is 29.2 Å². The molecule has 0 aromatic carbocycles. The number of fused-ring (bicyclic) bond motifs is 1. The Labute approximate surface area is 172 Å². The van der Waals surface area contributed by atoms with Crippen LogP contribution in [0.5, 0.6) is 0 Å². The minimum atomic E-state index is -0.962. The highest BCUT2D eigenvalue weighted by atomic mass is 32.1. The van der Waals surface area contributed by atoms with Gasteiger partial charge in [0.1, 0.15) is 0 Å². The molecule has 0 bridgehead atoms. The highest BCUT2D eigenvalue weighted by Crippen LogP contribution is 2.52. The van der Waals surface area contributed by atoms with Gasteiger partial charge in [-0.2, -0.15) is 0 Å². The lowest BCUT2D eigenvalue weighted by atomic mass is 9.65. The van der Waals surface area contributed by atoms with Gasteiger partial charge in [0.15, 0.2) is 0 Å². The van der Waals surface area contributed by atoms with E-state index in [4.69, 9.17) is 4.74 Å². The van der Waals surface area contributed by atoms with Gasteiger partial charge >= 0.3 is 0 Å². The van der Waals surface area contributed by atoms with Crippen LogP contribution < -0.4 is 0 Å². The summed E-state index contributed by atoms with van der Waals surface area (Å²) in [5.74, 6) is -0.349. The van der Waals surface area contributed by atoms with Gasteiger partial charge in [0.2, 0.25) is 0 Å². The van der Waals surface area contributed by atoms with E-state index < -0.39 is 29.5 Å². The number of aliphatic hydroxyl groups excluding tert-OH is 2. The summed E-state index contributed by atoms with van der Waals surface area (Å²) in [6.45, 7) is 7.34. The summed E-state index contributed by atoms with van der Waals surface area (Å²) in [6, 6.07) is 4.18. The van der Waals surface area contributed by atoms with Gasteiger partial charge in [-0.3, -0.25) is 4.90 Å². The summed E-state index contributed by atoms with van der Waals surface area (Å²) in [5, 5.41) is 35.5. The van der Waals surface area contributed by atoms with Crippen molar-refractivity contribution in [1.82, 2.24) is 4.90 Å². The van der Waals surface area contributed by atoms with Crippen molar-refractivity contribution in [1.29, 1.82) is 0 Å². The predicted molar refractivity (Wildman–Crippen MR) is 113 cm³/mol. The van der Waals surface area contributed by atoms with Crippen LogP contribution in [-0.4, -0.2) is 69.9 Å². The second-order valence-electron chi connectivity index (χ2n) is 8.90. The Morgan fingerprint density at radius 3 is 2.82 bits per heavy atom. The molecule has 158 valence electrons. The van der Waals surface area contributed by atoms with Crippen molar-refractivity contribution in [3.63, 3.8) is 0 Å². The summed E-state index contributed by atoms with van der Waals surface area (Å²) < 4.78 is 5.69. The van der Waals surface area contributed by atoms with Gasteiger partial charge in [-0.25, -0.2) is 0 Å². The zero-order valence-electron chi connectivity index (χ0n) is 17.5. The molecular weight excluding hydrogens is 374 g/mol. The molecule has 1 aliphatic carbocycles. The van der Waals surface area contributed by atoms with E-state index in [1.165, 1.54) is 4.88 Å².